The summed E-state index contributed by atoms with van der Waals surface area (Å²) in [6, 6.07) is 20.8. The number of fused-ring (bicyclic) bond motifs is 2. The third-order valence-corrected chi connectivity index (χ3v) is 3.89. The molecule has 0 aliphatic carbocycles. The molecule has 1 N–H and O–H groups in total. The Balaban J connectivity index is 1.51. The van der Waals surface area contributed by atoms with Gasteiger partial charge in [0.1, 0.15) is 12.4 Å². The van der Waals surface area contributed by atoms with Crippen molar-refractivity contribution in [1.29, 1.82) is 0 Å². The molecule has 3 aromatic rings. The number of pyridine rings is 1. The van der Waals surface area contributed by atoms with E-state index in [2.05, 4.69) is 40.6 Å². The summed E-state index contributed by atoms with van der Waals surface area (Å²) >= 11 is 0. The smallest absolute Gasteiger partial charge is 0.124 e. The molecule has 0 bridgehead atoms. The van der Waals surface area contributed by atoms with Crippen LogP contribution in [-0.2, 0) is 6.54 Å². The average molecular weight is 276 g/mol. The van der Waals surface area contributed by atoms with Crippen LogP contribution in [0.2, 0.25) is 0 Å². The van der Waals surface area contributed by atoms with Crippen LogP contribution >= 0.6 is 0 Å². The summed E-state index contributed by atoms with van der Waals surface area (Å²) in [5, 5.41) is 4.71. The number of aromatic nitrogens is 1. The molecule has 3 nitrogen and oxygen atoms in total. The Morgan fingerprint density at radius 3 is 2.86 bits per heavy atom. The van der Waals surface area contributed by atoms with Crippen LogP contribution in [0, 0.1) is 0 Å². The second kappa shape index (κ2) is 5.19. The molecule has 0 spiro atoms. The van der Waals surface area contributed by atoms with Crippen molar-refractivity contribution in [3.05, 3.63) is 71.9 Å². The lowest BCUT2D eigenvalue weighted by Crippen LogP contribution is -2.22. The largest absolute Gasteiger partial charge is 0.491 e. The van der Waals surface area contributed by atoms with Gasteiger partial charge < -0.3 is 10.1 Å². The maximum absolute atomic E-state index is 5.69. The first-order valence-electron chi connectivity index (χ1n) is 7.20. The van der Waals surface area contributed by atoms with Crippen molar-refractivity contribution in [2.45, 2.75) is 12.6 Å². The number of hydrogen-bond acceptors (Lipinski definition) is 3. The van der Waals surface area contributed by atoms with Gasteiger partial charge in [-0.25, -0.2) is 0 Å². The van der Waals surface area contributed by atoms with Crippen molar-refractivity contribution in [2.75, 3.05) is 6.61 Å². The van der Waals surface area contributed by atoms with Crippen molar-refractivity contribution >= 4 is 10.9 Å². The SMILES string of the molecule is c1ccc2c(c1)OCC2NCc1ccc2ccccc2n1. The average Bonchev–Trinajstić information content (AvgIpc) is 2.96. The van der Waals surface area contributed by atoms with Crippen molar-refractivity contribution in [3.63, 3.8) is 0 Å². The van der Waals surface area contributed by atoms with Gasteiger partial charge in [0.15, 0.2) is 0 Å². The second-order valence-corrected chi connectivity index (χ2v) is 5.28. The van der Waals surface area contributed by atoms with E-state index in [0.717, 1.165) is 23.5 Å². The van der Waals surface area contributed by atoms with Crippen LogP contribution in [0.1, 0.15) is 17.3 Å². The zero-order valence-electron chi connectivity index (χ0n) is 11.6. The summed E-state index contributed by atoms with van der Waals surface area (Å²) in [6.45, 7) is 1.43. The fourth-order valence-corrected chi connectivity index (χ4v) is 2.77. The van der Waals surface area contributed by atoms with E-state index in [9.17, 15) is 0 Å². The van der Waals surface area contributed by atoms with Gasteiger partial charge in [-0.1, -0.05) is 42.5 Å². The van der Waals surface area contributed by atoms with Gasteiger partial charge >= 0.3 is 0 Å². The minimum atomic E-state index is 0.245. The Hall–Kier alpha value is -2.39. The van der Waals surface area contributed by atoms with E-state index >= 15 is 0 Å². The van der Waals surface area contributed by atoms with Gasteiger partial charge in [0.2, 0.25) is 0 Å². The number of rotatable bonds is 3. The van der Waals surface area contributed by atoms with Crippen molar-refractivity contribution in [1.82, 2.24) is 10.3 Å². The highest BCUT2D eigenvalue weighted by molar-refractivity contribution is 5.78. The molecule has 21 heavy (non-hydrogen) atoms. The Morgan fingerprint density at radius 2 is 1.86 bits per heavy atom. The van der Waals surface area contributed by atoms with Gasteiger partial charge in [-0.2, -0.15) is 0 Å². The van der Waals surface area contributed by atoms with Crippen LogP contribution in [0.25, 0.3) is 10.9 Å². The number of ether oxygens (including phenoxy) is 1. The van der Waals surface area contributed by atoms with E-state index in [1.165, 1.54) is 10.9 Å². The molecule has 3 heteroatoms. The van der Waals surface area contributed by atoms with Gasteiger partial charge in [0.05, 0.1) is 17.3 Å². The molecule has 4 rings (SSSR count). The Labute approximate surface area is 123 Å². The Kier molecular flexibility index (Phi) is 3.05. The molecule has 1 aromatic heterocycles. The van der Waals surface area contributed by atoms with Crippen LogP contribution in [-0.4, -0.2) is 11.6 Å². The van der Waals surface area contributed by atoms with Crippen LogP contribution < -0.4 is 10.1 Å². The molecular weight excluding hydrogens is 260 g/mol. The van der Waals surface area contributed by atoms with Crippen molar-refractivity contribution in [2.24, 2.45) is 0 Å². The zero-order valence-corrected chi connectivity index (χ0v) is 11.6. The number of nitrogens with one attached hydrogen (secondary N) is 1. The van der Waals surface area contributed by atoms with E-state index in [0.29, 0.717) is 6.61 Å². The van der Waals surface area contributed by atoms with Crippen LogP contribution in [0.3, 0.4) is 0 Å². The molecule has 104 valence electrons. The molecule has 1 unspecified atom stereocenters. The minimum absolute atomic E-state index is 0.245. The summed E-state index contributed by atoms with van der Waals surface area (Å²) in [5.41, 5.74) is 3.33. The maximum atomic E-state index is 5.69. The topological polar surface area (TPSA) is 34.1 Å². The van der Waals surface area contributed by atoms with Gasteiger partial charge in [-0.05, 0) is 18.2 Å². The molecule has 0 radical (unpaired) electrons. The van der Waals surface area contributed by atoms with Crippen molar-refractivity contribution < 1.29 is 4.74 Å². The lowest BCUT2D eigenvalue weighted by atomic mass is 10.1. The number of benzene rings is 2. The van der Waals surface area contributed by atoms with Crippen LogP contribution in [0.4, 0.5) is 0 Å². The van der Waals surface area contributed by atoms with E-state index < -0.39 is 0 Å². The normalized spacial score (nSPS) is 16.7. The van der Waals surface area contributed by atoms with Crippen LogP contribution in [0.15, 0.2) is 60.7 Å². The lowest BCUT2D eigenvalue weighted by molar-refractivity contribution is 0.310. The fraction of sp³-hybridized carbons (Fsp3) is 0.167. The lowest BCUT2D eigenvalue weighted by Gasteiger charge is -2.11. The molecule has 1 aliphatic heterocycles. The molecule has 2 heterocycles. The van der Waals surface area contributed by atoms with E-state index in [-0.39, 0.29) is 6.04 Å². The number of hydrogen-bond donors (Lipinski definition) is 1. The summed E-state index contributed by atoms with van der Waals surface area (Å²) in [4.78, 5) is 4.69. The fourth-order valence-electron chi connectivity index (χ4n) is 2.77. The van der Waals surface area contributed by atoms with E-state index in [1.54, 1.807) is 0 Å². The maximum Gasteiger partial charge on any atom is 0.124 e. The minimum Gasteiger partial charge on any atom is -0.491 e. The first kappa shape index (κ1) is 12.4. The van der Waals surface area contributed by atoms with Crippen molar-refractivity contribution in [3.8, 4) is 5.75 Å². The highest BCUT2D eigenvalue weighted by Gasteiger charge is 2.22. The first-order chi connectivity index (χ1) is 10.4. The van der Waals surface area contributed by atoms with Gasteiger partial charge in [-0.3, -0.25) is 4.98 Å². The van der Waals surface area contributed by atoms with Crippen LogP contribution in [0.5, 0.6) is 5.75 Å². The first-order valence-corrected chi connectivity index (χ1v) is 7.20. The van der Waals surface area contributed by atoms with Gasteiger partial charge in [0.25, 0.3) is 0 Å². The monoisotopic (exact) mass is 276 g/mol. The molecule has 0 fully saturated rings. The molecule has 0 saturated carbocycles. The molecule has 1 aliphatic rings. The predicted molar refractivity (Wildman–Crippen MR) is 83.3 cm³/mol. The molecule has 0 saturated heterocycles. The highest BCUT2D eigenvalue weighted by Crippen LogP contribution is 2.31. The molecular formula is C18H16N2O. The van der Waals surface area contributed by atoms with E-state index in [1.807, 2.05) is 30.3 Å². The standard InChI is InChI=1S/C18H16N2O/c1-3-7-16-13(5-1)9-10-14(20-16)11-19-17-12-21-18-8-4-2-6-15(17)18/h1-10,17,19H,11-12H2. The number of para-hydroxylation sites is 2. The predicted octanol–water partition coefficient (Wildman–Crippen LogP) is 3.46. The third-order valence-electron chi connectivity index (χ3n) is 3.89. The Morgan fingerprint density at radius 1 is 1.00 bits per heavy atom. The van der Waals surface area contributed by atoms with Gasteiger partial charge in [-0.15, -0.1) is 0 Å². The zero-order chi connectivity index (χ0) is 14.1. The van der Waals surface area contributed by atoms with Gasteiger partial charge in [0, 0.05) is 17.5 Å². The molecule has 1 atom stereocenters. The number of nitrogens with zero attached hydrogens (tertiary/aromatic N) is 1. The highest BCUT2D eigenvalue weighted by atomic mass is 16.5. The molecule has 0 amide bonds. The van der Waals surface area contributed by atoms with E-state index in [4.69, 9.17) is 4.74 Å². The summed E-state index contributed by atoms with van der Waals surface area (Å²) in [6.07, 6.45) is 0. The second-order valence-electron chi connectivity index (χ2n) is 5.28. The quantitative estimate of drug-likeness (QED) is 0.795. The summed E-state index contributed by atoms with van der Waals surface area (Å²) < 4.78 is 5.69. The third kappa shape index (κ3) is 2.36. The summed E-state index contributed by atoms with van der Waals surface area (Å²) in [5.74, 6) is 0.987. The Bertz CT molecular complexity index is 785. The molecule has 2 aromatic carbocycles. The summed E-state index contributed by atoms with van der Waals surface area (Å²) in [7, 11) is 0.